The zero-order chi connectivity index (χ0) is 31.9. The number of nitrogens with one attached hydrogen (secondary N) is 4. The van der Waals surface area contributed by atoms with Crippen molar-refractivity contribution >= 4 is 92.7 Å². The molecule has 0 saturated heterocycles. The molecule has 4 N–H and O–H groups in total. The van der Waals surface area contributed by atoms with Crippen molar-refractivity contribution in [1.82, 2.24) is 39.9 Å². The maximum absolute atomic E-state index is 4.62. The molecule has 10 rings (SSSR count). The van der Waals surface area contributed by atoms with Gasteiger partial charge in [-0.15, -0.1) is 0 Å². The number of hydrogen-bond acceptors (Lipinski definition) is 4. The summed E-state index contributed by atoms with van der Waals surface area (Å²) in [5.41, 5.74) is 15.7. The normalized spacial score (nSPS) is 12.4. The fraction of sp³-hybridized carbons (Fsp3) is 0. The molecule has 6 aromatic rings. The molecule has 0 aromatic carbocycles. The van der Waals surface area contributed by atoms with Gasteiger partial charge in [0.15, 0.2) is 0 Å². The van der Waals surface area contributed by atoms with Gasteiger partial charge in [0.25, 0.3) is 0 Å². The van der Waals surface area contributed by atoms with Gasteiger partial charge in [0.2, 0.25) is 0 Å². The first kappa shape index (κ1) is 30.4. The van der Waals surface area contributed by atoms with Crippen LogP contribution in [0.2, 0.25) is 0 Å². The molecule has 0 fully saturated rings. The molecule has 0 atom stereocenters. The Morgan fingerprint density at radius 3 is 0.653 bits per heavy atom. The predicted molar refractivity (Wildman–Crippen MR) is 198 cm³/mol. The first-order valence-electron chi connectivity index (χ1n) is 15.7. The zero-order valence-corrected chi connectivity index (χ0v) is 28.6. The van der Waals surface area contributed by atoms with Gasteiger partial charge in [-0.05, 0) is 146 Å². The zero-order valence-electron chi connectivity index (χ0n) is 26.1. The first-order chi connectivity index (χ1) is 23.6. The Labute approximate surface area is 299 Å². The van der Waals surface area contributed by atoms with E-state index in [-0.39, 0.29) is 26.2 Å². The van der Waals surface area contributed by atoms with Crippen LogP contribution in [0, 0.1) is 0 Å². The SMILES string of the molecule is C1=Cc2cc3ccc(cc4ccc(cc5nc(cc1n2)C=C5)[nH]4)[nH]3.C1=Cc2cc3ccc(cc4ccc(cc5nc(cc1n2)C=C5)[nH]4)[nH]3.[Zr]. The van der Waals surface area contributed by atoms with Crippen molar-refractivity contribution in [3.63, 3.8) is 0 Å². The van der Waals surface area contributed by atoms with Crippen molar-refractivity contribution in [2.24, 2.45) is 0 Å². The topological polar surface area (TPSA) is 115 Å². The Balaban J connectivity index is 0.000000139. The molecule has 0 spiro atoms. The Bertz CT molecular complexity index is 2330. The standard InChI is InChI=1S/2C20H14N4.Zr/c2*1-2-14-10-16-5-6-18(23-16)12-20-8-7-19(24-20)11-17-4-3-15(22-17)9-13(1)21-14;/h2*1-12,21-22H;. The summed E-state index contributed by atoms with van der Waals surface area (Å²) in [5.74, 6) is 0. The largest absolute Gasteiger partial charge is 0.355 e. The molecule has 0 unspecified atom stereocenters. The van der Waals surface area contributed by atoms with Crippen molar-refractivity contribution < 1.29 is 26.2 Å². The third-order valence-corrected chi connectivity index (χ3v) is 8.08. The number of nitrogens with zero attached hydrogens (tertiary/aromatic N) is 4. The van der Waals surface area contributed by atoms with Crippen molar-refractivity contribution in [2.75, 3.05) is 0 Å². The third-order valence-electron chi connectivity index (χ3n) is 8.08. The average Bonchev–Trinajstić information content (AvgIpc) is 3.91. The second-order valence-corrected chi connectivity index (χ2v) is 11.8. The Morgan fingerprint density at radius 1 is 0.245 bits per heavy atom. The molecular weight excluding hydrogens is 684 g/mol. The number of aromatic nitrogens is 8. The van der Waals surface area contributed by atoms with E-state index in [0.29, 0.717) is 0 Å². The Morgan fingerprint density at radius 2 is 0.429 bits per heavy atom. The molecule has 6 aromatic heterocycles. The smallest absolute Gasteiger partial charge is 0.0659 e. The van der Waals surface area contributed by atoms with Crippen LogP contribution in [-0.4, -0.2) is 39.9 Å². The molecular formula is C40H28N8Zr. The molecule has 16 bridgehead atoms. The molecule has 10 heterocycles. The van der Waals surface area contributed by atoms with Crippen LogP contribution in [0.1, 0.15) is 45.6 Å². The van der Waals surface area contributed by atoms with E-state index in [4.69, 9.17) is 0 Å². The molecule has 4 aliphatic rings. The number of H-pyrrole nitrogens is 4. The first-order valence-corrected chi connectivity index (χ1v) is 15.7. The van der Waals surface area contributed by atoms with Gasteiger partial charge in [-0.1, -0.05) is 0 Å². The molecule has 8 nitrogen and oxygen atoms in total. The van der Waals surface area contributed by atoms with E-state index >= 15 is 0 Å². The molecule has 232 valence electrons. The summed E-state index contributed by atoms with van der Waals surface area (Å²) in [4.78, 5) is 32.0. The van der Waals surface area contributed by atoms with Gasteiger partial charge in [0.05, 0.1) is 45.6 Å². The quantitative estimate of drug-likeness (QED) is 0.126. The minimum atomic E-state index is 0. The summed E-state index contributed by atoms with van der Waals surface area (Å²) in [7, 11) is 0. The van der Waals surface area contributed by atoms with E-state index in [1.807, 2.05) is 85.0 Å². The van der Waals surface area contributed by atoms with E-state index in [1.165, 1.54) is 0 Å². The maximum atomic E-state index is 4.62. The number of aromatic amines is 4. The van der Waals surface area contributed by atoms with Gasteiger partial charge >= 0.3 is 0 Å². The predicted octanol–water partition coefficient (Wildman–Crippen LogP) is 9.31. The number of rotatable bonds is 0. The second kappa shape index (κ2) is 12.9. The molecule has 0 saturated carbocycles. The van der Waals surface area contributed by atoms with Gasteiger partial charge < -0.3 is 19.9 Å². The molecule has 0 amide bonds. The fourth-order valence-corrected chi connectivity index (χ4v) is 5.89. The summed E-state index contributed by atoms with van der Waals surface area (Å²) in [6, 6.07) is 32.8. The molecule has 49 heavy (non-hydrogen) atoms. The third kappa shape index (κ3) is 7.03. The van der Waals surface area contributed by atoms with Crippen LogP contribution in [0.5, 0.6) is 0 Å². The minimum absolute atomic E-state index is 0. The number of fused-ring (bicyclic) bond motifs is 16. The second-order valence-electron chi connectivity index (χ2n) is 11.8. The molecule has 4 aliphatic heterocycles. The number of hydrogen-bond donors (Lipinski definition) is 4. The van der Waals surface area contributed by atoms with Crippen LogP contribution in [0.15, 0.2) is 97.1 Å². The summed E-state index contributed by atoms with van der Waals surface area (Å²) in [5, 5.41) is 0. The van der Waals surface area contributed by atoms with Crippen molar-refractivity contribution in [2.45, 2.75) is 0 Å². The van der Waals surface area contributed by atoms with E-state index in [1.54, 1.807) is 0 Å². The summed E-state index contributed by atoms with van der Waals surface area (Å²) in [6.45, 7) is 0. The van der Waals surface area contributed by atoms with Crippen LogP contribution >= 0.6 is 0 Å². The van der Waals surface area contributed by atoms with Gasteiger partial charge in [-0.2, -0.15) is 0 Å². The van der Waals surface area contributed by atoms with Crippen molar-refractivity contribution in [3.05, 3.63) is 143 Å². The molecule has 0 radical (unpaired) electrons. The van der Waals surface area contributed by atoms with Crippen LogP contribution in [0.3, 0.4) is 0 Å². The maximum Gasteiger partial charge on any atom is 0.0659 e. The van der Waals surface area contributed by atoms with Crippen LogP contribution in [0.25, 0.3) is 92.7 Å². The Hall–Kier alpha value is -5.92. The Kier molecular flexibility index (Phi) is 8.03. The summed E-state index contributed by atoms with van der Waals surface area (Å²) < 4.78 is 0. The van der Waals surface area contributed by atoms with Crippen LogP contribution < -0.4 is 0 Å². The van der Waals surface area contributed by atoms with E-state index < -0.39 is 0 Å². The molecule has 0 aliphatic carbocycles. The molecule has 9 heteroatoms. The van der Waals surface area contributed by atoms with Crippen LogP contribution in [-0.2, 0) is 26.2 Å². The van der Waals surface area contributed by atoms with Crippen LogP contribution in [0.4, 0.5) is 0 Å². The van der Waals surface area contributed by atoms with E-state index in [0.717, 1.165) is 89.7 Å². The summed E-state index contributed by atoms with van der Waals surface area (Å²) >= 11 is 0. The average molecular weight is 712 g/mol. The van der Waals surface area contributed by atoms with E-state index in [9.17, 15) is 0 Å². The van der Waals surface area contributed by atoms with E-state index in [2.05, 4.69) is 101 Å². The van der Waals surface area contributed by atoms with Gasteiger partial charge in [-0.25, -0.2) is 19.9 Å². The monoisotopic (exact) mass is 710 g/mol. The van der Waals surface area contributed by atoms with Gasteiger partial charge in [-0.3, -0.25) is 0 Å². The van der Waals surface area contributed by atoms with Gasteiger partial charge in [0, 0.05) is 70.3 Å². The minimum Gasteiger partial charge on any atom is -0.355 e. The fourth-order valence-electron chi connectivity index (χ4n) is 5.89. The van der Waals surface area contributed by atoms with Crippen molar-refractivity contribution in [1.29, 1.82) is 0 Å². The summed E-state index contributed by atoms with van der Waals surface area (Å²) in [6.07, 6.45) is 16.1. The van der Waals surface area contributed by atoms with Gasteiger partial charge in [0.1, 0.15) is 0 Å². The van der Waals surface area contributed by atoms with Crippen molar-refractivity contribution in [3.8, 4) is 0 Å².